The molecule has 0 unspecified atom stereocenters. The van der Waals surface area contributed by atoms with Crippen LogP contribution in [0.15, 0.2) is 18.3 Å². The highest BCUT2D eigenvalue weighted by molar-refractivity contribution is 5.44. The SMILES string of the molecule is CC(C)(C)CNC1CN(c2ccc(C(C)(C)C)cn2)C1. The van der Waals surface area contributed by atoms with Gasteiger partial charge in [0.25, 0.3) is 0 Å². The van der Waals surface area contributed by atoms with E-state index in [1.165, 1.54) is 5.56 Å². The predicted molar refractivity (Wildman–Crippen MR) is 86.4 cm³/mol. The average molecular weight is 275 g/mol. The van der Waals surface area contributed by atoms with Crippen molar-refractivity contribution in [3.8, 4) is 0 Å². The third-order valence-corrected chi connectivity index (χ3v) is 3.74. The van der Waals surface area contributed by atoms with Gasteiger partial charge < -0.3 is 10.2 Å². The first kappa shape index (κ1) is 15.3. The van der Waals surface area contributed by atoms with Crippen molar-refractivity contribution >= 4 is 5.82 Å². The number of rotatable bonds is 3. The Morgan fingerprint density at radius 2 is 1.80 bits per heavy atom. The third kappa shape index (κ3) is 3.95. The van der Waals surface area contributed by atoms with Crippen LogP contribution < -0.4 is 10.2 Å². The summed E-state index contributed by atoms with van der Waals surface area (Å²) in [5.41, 5.74) is 1.83. The Balaban J connectivity index is 1.84. The molecule has 0 radical (unpaired) electrons. The minimum absolute atomic E-state index is 0.178. The van der Waals surface area contributed by atoms with E-state index >= 15 is 0 Å². The summed E-state index contributed by atoms with van der Waals surface area (Å²) in [6.07, 6.45) is 2.02. The Bertz CT molecular complexity index is 431. The molecule has 1 aromatic heterocycles. The summed E-state index contributed by atoms with van der Waals surface area (Å²) in [4.78, 5) is 6.95. The van der Waals surface area contributed by atoms with Gasteiger partial charge in [-0.1, -0.05) is 47.6 Å². The van der Waals surface area contributed by atoms with Crippen LogP contribution in [-0.4, -0.2) is 30.7 Å². The molecule has 0 spiro atoms. The molecule has 2 rings (SSSR count). The van der Waals surface area contributed by atoms with Gasteiger partial charge in [0.15, 0.2) is 0 Å². The fraction of sp³-hybridized carbons (Fsp3) is 0.706. The molecular formula is C17H29N3. The molecule has 0 aromatic carbocycles. The minimum atomic E-state index is 0.178. The van der Waals surface area contributed by atoms with Crippen LogP contribution in [0.3, 0.4) is 0 Å². The monoisotopic (exact) mass is 275 g/mol. The number of hydrogen-bond donors (Lipinski definition) is 1. The fourth-order valence-electron chi connectivity index (χ4n) is 2.26. The van der Waals surface area contributed by atoms with Crippen molar-refractivity contribution in [1.82, 2.24) is 10.3 Å². The molecule has 0 amide bonds. The molecule has 1 aliphatic rings. The van der Waals surface area contributed by atoms with E-state index in [1.54, 1.807) is 0 Å². The van der Waals surface area contributed by atoms with E-state index in [1.807, 2.05) is 6.20 Å². The van der Waals surface area contributed by atoms with E-state index in [-0.39, 0.29) is 5.41 Å². The zero-order valence-electron chi connectivity index (χ0n) is 13.8. The van der Waals surface area contributed by atoms with Crippen molar-refractivity contribution in [2.75, 3.05) is 24.5 Å². The minimum Gasteiger partial charge on any atom is -0.353 e. The molecule has 0 bridgehead atoms. The molecule has 20 heavy (non-hydrogen) atoms. The summed E-state index contributed by atoms with van der Waals surface area (Å²) in [7, 11) is 0. The second-order valence-electron chi connectivity index (χ2n) is 8.20. The van der Waals surface area contributed by atoms with Gasteiger partial charge >= 0.3 is 0 Å². The van der Waals surface area contributed by atoms with Gasteiger partial charge in [-0.3, -0.25) is 0 Å². The van der Waals surface area contributed by atoms with Gasteiger partial charge in [0.1, 0.15) is 5.82 Å². The third-order valence-electron chi connectivity index (χ3n) is 3.74. The number of hydrogen-bond acceptors (Lipinski definition) is 3. The van der Waals surface area contributed by atoms with Crippen LogP contribution >= 0.6 is 0 Å². The normalized spacial score (nSPS) is 17.2. The Kier molecular flexibility index (Phi) is 4.10. The molecule has 1 aliphatic heterocycles. The molecule has 0 saturated carbocycles. The van der Waals surface area contributed by atoms with Gasteiger partial charge in [-0.25, -0.2) is 4.98 Å². The molecule has 112 valence electrons. The van der Waals surface area contributed by atoms with E-state index in [0.717, 1.165) is 25.5 Å². The van der Waals surface area contributed by atoms with Gasteiger partial charge in [-0.05, 0) is 22.5 Å². The molecule has 3 nitrogen and oxygen atoms in total. The smallest absolute Gasteiger partial charge is 0.128 e. The van der Waals surface area contributed by atoms with Crippen molar-refractivity contribution in [3.63, 3.8) is 0 Å². The predicted octanol–water partition coefficient (Wildman–Crippen LogP) is 3.20. The quantitative estimate of drug-likeness (QED) is 0.918. The van der Waals surface area contributed by atoms with E-state index < -0.39 is 0 Å². The number of aromatic nitrogens is 1. The van der Waals surface area contributed by atoms with Crippen molar-refractivity contribution in [2.24, 2.45) is 5.41 Å². The van der Waals surface area contributed by atoms with Crippen LogP contribution in [-0.2, 0) is 5.41 Å². The maximum Gasteiger partial charge on any atom is 0.128 e. The van der Waals surface area contributed by atoms with E-state index in [0.29, 0.717) is 11.5 Å². The summed E-state index contributed by atoms with van der Waals surface area (Å²) in [6.45, 7) is 16.7. The molecule has 1 aromatic rings. The first-order valence-corrected chi connectivity index (χ1v) is 7.60. The van der Waals surface area contributed by atoms with Gasteiger partial charge in [0.2, 0.25) is 0 Å². The first-order valence-electron chi connectivity index (χ1n) is 7.60. The van der Waals surface area contributed by atoms with Crippen LogP contribution in [0.5, 0.6) is 0 Å². The second-order valence-corrected chi connectivity index (χ2v) is 8.20. The molecule has 1 fully saturated rings. The second kappa shape index (κ2) is 5.36. The number of nitrogens with zero attached hydrogens (tertiary/aromatic N) is 2. The first-order chi connectivity index (χ1) is 9.15. The van der Waals surface area contributed by atoms with Gasteiger partial charge in [-0.15, -0.1) is 0 Å². The molecule has 2 heterocycles. The Hall–Kier alpha value is -1.09. The summed E-state index contributed by atoms with van der Waals surface area (Å²) < 4.78 is 0. The zero-order chi connectivity index (χ0) is 15.0. The lowest BCUT2D eigenvalue weighted by atomic mass is 9.88. The largest absolute Gasteiger partial charge is 0.353 e. The molecule has 1 saturated heterocycles. The van der Waals surface area contributed by atoms with Gasteiger partial charge in [0, 0.05) is 31.9 Å². The highest BCUT2D eigenvalue weighted by atomic mass is 15.3. The summed E-state index contributed by atoms with van der Waals surface area (Å²) in [5.74, 6) is 1.10. The van der Waals surface area contributed by atoms with Crippen LogP contribution in [0.1, 0.15) is 47.1 Å². The number of anilines is 1. The Morgan fingerprint density at radius 3 is 2.25 bits per heavy atom. The lowest BCUT2D eigenvalue weighted by Gasteiger charge is -2.41. The Morgan fingerprint density at radius 1 is 1.15 bits per heavy atom. The standard InChI is InChI=1S/C17H29N3/c1-16(2,3)12-19-14-10-20(11-14)15-8-7-13(9-18-15)17(4,5)6/h7-9,14,19H,10-12H2,1-6H3. The summed E-state index contributed by atoms with van der Waals surface area (Å²) >= 11 is 0. The van der Waals surface area contributed by atoms with Crippen LogP contribution in [0.25, 0.3) is 0 Å². The van der Waals surface area contributed by atoms with Gasteiger partial charge in [0.05, 0.1) is 0 Å². The van der Waals surface area contributed by atoms with E-state index in [4.69, 9.17) is 0 Å². The van der Waals surface area contributed by atoms with Crippen molar-refractivity contribution in [2.45, 2.75) is 53.0 Å². The van der Waals surface area contributed by atoms with Crippen LogP contribution in [0, 0.1) is 5.41 Å². The maximum absolute atomic E-state index is 4.61. The molecular weight excluding hydrogens is 246 g/mol. The average Bonchev–Trinajstić information content (AvgIpc) is 2.24. The fourth-order valence-corrected chi connectivity index (χ4v) is 2.26. The summed E-state index contributed by atoms with van der Waals surface area (Å²) in [5, 5.41) is 3.62. The Labute approximate surface area is 123 Å². The topological polar surface area (TPSA) is 28.2 Å². The van der Waals surface area contributed by atoms with Crippen LogP contribution in [0.4, 0.5) is 5.82 Å². The van der Waals surface area contributed by atoms with Crippen molar-refractivity contribution < 1.29 is 0 Å². The number of nitrogens with one attached hydrogen (secondary N) is 1. The highest BCUT2D eigenvalue weighted by Gasteiger charge is 2.28. The van der Waals surface area contributed by atoms with Crippen molar-refractivity contribution in [1.29, 1.82) is 0 Å². The van der Waals surface area contributed by atoms with E-state index in [2.05, 4.69) is 68.9 Å². The van der Waals surface area contributed by atoms with Gasteiger partial charge in [-0.2, -0.15) is 0 Å². The number of pyridine rings is 1. The zero-order valence-corrected chi connectivity index (χ0v) is 13.8. The summed E-state index contributed by atoms with van der Waals surface area (Å²) in [6, 6.07) is 4.97. The molecule has 0 atom stereocenters. The lowest BCUT2D eigenvalue weighted by molar-refractivity contribution is 0.323. The van der Waals surface area contributed by atoms with Crippen LogP contribution in [0.2, 0.25) is 0 Å². The highest BCUT2D eigenvalue weighted by Crippen LogP contribution is 2.25. The maximum atomic E-state index is 4.61. The molecule has 1 N–H and O–H groups in total. The van der Waals surface area contributed by atoms with E-state index in [9.17, 15) is 0 Å². The molecule has 0 aliphatic carbocycles. The molecule has 3 heteroatoms. The van der Waals surface area contributed by atoms with Crippen molar-refractivity contribution in [3.05, 3.63) is 23.9 Å². The lowest BCUT2D eigenvalue weighted by Crippen LogP contribution is -2.59.